The Hall–Kier alpha value is -1.84. The molecular weight excluding hydrogens is 286 g/mol. The molecule has 1 heterocycles. The van der Waals surface area contributed by atoms with Gasteiger partial charge in [-0.3, -0.25) is 0 Å². The molecule has 108 valence electrons. The third-order valence-corrected chi connectivity index (χ3v) is 3.81. The highest BCUT2D eigenvalue weighted by Gasteiger charge is 2.11. The molecule has 1 N–H and O–H groups in total. The van der Waals surface area contributed by atoms with E-state index in [1.165, 1.54) is 0 Å². The van der Waals surface area contributed by atoms with Gasteiger partial charge in [0.1, 0.15) is 5.52 Å². The van der Waals surface area contributed by atoms with Crippen LogP contribution in [0, 0.1) is 0 Å². The lowest BCUT2D eigenvalue weighted by atomic mass is 10.1. The zero-order valence-electron chi connectivity index (χ0n) is 11.6. The molecule has 3 rings (SSSR count). The van der Waals surface area contributed by atoms with Gasteiger partial charge in [0.05, 0.1) is 6.42 Å². The standard InChI is InChI=1S/C17H16ClNO2/c18-14-8-2-1-5-13(14)11-16-19-15-9-3-6-12(7-4-10-20)17(15)21-16/h1-3,5-6,8-9,20H,4,7,10-11H2. The second-order valence-electron chi connectivity index (χ2n) is 4.97. The number of oxazole rings is 1. The van der Waals surface area contributed by atoms with Gasteiger partial charge in [-0.1, -0.05) is 41.9 Å². The average molecular weight is 302 g/mol. The van der Waals surface area contributed by atoms with Gasteiger partial charge in [-0.15, -0.1) is 0 Å². The van der Waals surface area contributed by atoms with Crippen molar-refractivity contribution < 1.29 is 9.52 Å². The smallest absolute Gasteiger partial charge is 0.199 e. The van der Waals surface area contributed by atoms with Gasteiger partial charge in [-0.05, 0) is 36.1 Å². The third kappa shape index (κ3) is 3.09. The molecule has 1 aromatic heterocycles. The number of fused-ring (bicyclic) bond motifs is 1. The Morgan fingerprint density at radius 1 is 1.05 bits per heavy atom. The SMILES string of the molecule is OCCCc1cccc2nc(Cc3ccccc3Cl)oc12. The lowest BCUT2D eigenvalue weighted by Gasteiger charge is -2.00. The summed E-state index contributed by atoms with van der Waals surface area (Å²) in [5, 5.41) is 9.69. The highest BCUT2D eigenvalue weighted by atomic mass is 35.5. The Balaban J connectivity index is 1.92. The zero-order valence-corrected chi connectivity index (χ0v) is 12.3. The number of hydrogen-bond acceptors (Lipinski definition) is 3. The van der Waals surface area contributed by atoms with Gasteiger partial charge in [-0.25, -0.2) is 4.98 Å². The Kier molecular flexibility index (Phi) is 4.23. The summed E-state index contributed by atoms with van der Waals surface area (Å²) >= 11 is 6.18. The van der Waals surface area contributed by atoms with Crippen molar-refractivity contribution in [2.24, 2.45) is 0 Å². The van der Waals surface area contributed by atoms with Gasteiger partial charge in [0.2, 0.25) is 0 Å². The summed E-state index contributed by atoms with van der Waals surface area (Å²) in [7, 11) is 0. The Morgan fingerprint density at radius 3 is 2.67 bits per heavy atom. The van der Waals surface area contributed by atoms with E-state index in [0.717, 1.165) is 40.1 Å². The van der Waals surface area contributed by atoms with Crippen LogP contribution in [0.25, 0.3) is 11.1 Å². The molecule has 0 saturated heterocycles. The lowest BCUT2D eigenvalue weighted by molar-refractivity contribution is 0.288. The number of benzene rings is 2. The van der Waals surface area contributed by atoms with Crippen molar-refractivity contribution in [3.63, 3.8) is 0 Å². The van der Waals surface area contributed by atoms with Crippen LogP contribution in [0.2, 0.25) is 5.02 Å². The van der Waals surface area contributed by atoms with E-state index in [0.29, 0.717) is 12.3 Å². The fraction of sp³-hybridized carbons (Fsp3) is 0.235. The van der Waals surface area contributed by atoms with Gasteiger partial charge in [-0.2, -0.15) is 0 Å². The summed E-state index contributed by atoms with van der Waals surface area (Å²) in [6.07, 6.45) is 2.09. The highest BCUT2D eigenvalue weighted by molar-refractivity contribution is 6.31. The van der Waals surface area contributed by atoms with Gasteiger partial charge in [0.15, 0.2) is 11.5 Å². The molecule has 2 aromatic carbocycles. The predicted octanol–water partition coefficient (Wildman–Crippen LogP) is 4.00. The fourth-order valence-electron chi connectivity index (χ4n) is 2.40. The van der Waals surface area contributed by atoms with E-state index < -0.39 is 0 Å². The quantitative estimate of drug-likeness (QED) is 0.775. The van der Waals surface area contributed by atoms with E-state index >= 15 is 0 Å². The fourth-order valence-corrected chi connectivity index (χ4v) is 2.60. The maximum atomic E-state index is 8.97. The van der Waals surface area contributed by atoms with Crippen molar-refractivity contribution in [1.29, 1.82) is 0 Å². The van der Waals surface area contributed by atoms with Crippen molar-refractivity contribution in [3.8, 4) is 0 Å². The van der Waals surface area contributed by atoms with Crippen molar-refractivity contribution in [2.75, 3.05) is 6.61 Å². The number of halogens is 1. The largest absolute Gasteiger partial charge is 0.440 e. The number of hydrogen-bond donors (Lipinski definition) is 1. The molecule has 0 amide bonds. The number of aliphatic hydroxyl groups excluding tert-OH is 1. The van der Waals surface area contributed by atoms with Crippen LogP contribution in [0.15, 0.2) is 46.9 Å². The van der Waals surface area contributed by atoms with Gasteiger partial charge >= 0.3 is 0 Å². The van der Waals surface area contributed by atoms with Gasteiger partial charge in [0, 0.05) is 11.6 Å². The van der Waals surface area contributed by atoms with Crippen LogP contribution in [0.1, 0.15) is 23.4 Å². The second-order valence-corrected chi connectivity index (χ2v) is 5.38. The van der Waals surface area contributed by atoms with Crippen molar-refractivity contribution in [3.05, 3.63) is 64.5 Å². The topological polar surface area (TPSA) is 46.3 Å². The van der Waals surface area contributed by atoms with Crippen molar-refractivity contribution >= 4 is 22.7 Å². The minimum atomic E-state index is 0.178. The number of nitrogens with zero attached hydrogens (tertiary/aromatic N) is 1. The summed E-state index contributed by atoms with van der Waals surface area (Å²) in [5.74, 6) is 0.662. The molecule has 4 heteroatoms. The molecular formula is C17H16ClNO2. The van der Waals surface area contributed by atoms with E-state index in [1.54, 1.807) is 0 Å². The molecule has 0 radical (unpaired) electrons. The van der Waals surface area contributed by atoms with Gasteiger partial charge in [0.25, 0.3) is 0 Å². The van der Waals surface area contributed by atoms with Crippen LogP contribution in [-0.2, 0) is 12.8 Å². The van der Waals surface area contributed by atoms with Gasteiger partial charge < -0.3 is 9.52 Å². The number of aromatic nitrogens is 1. The van der Waals surface area contributed by atoms with E-state index in [1.807, 2.05) is 42.5 Å². The minimum Gasteiger partial charge on any atom is -0.440 e. The maximum Gasteiger partial charge on any atom is 0.199 e. The summed E-state index contributed by atoms with van der Waals surface area (Å²) in [5.41, 5.74) is 3.75. The molecule has 0 saturated carbocycles. The zero-order chi connectivity index (χ0) is 14.7. The van der Waals surface area contributed by atoms with Crippen LogP contribution in [-0.4, -0.2) is 16.7 Å². The van der Waals surface area contributed by atoms with Crippen LogP contribution in [0.4, 0.5) is 0 Å². The van der Waals surface area contributed by atoms with Crippen molar-refractivity contribution in [2.45, 2.75) is 19.3 Å². The molecule has 3 aromatic rings. The maximum absolute atomic E-state index is 8.97. The van der Waals surface area contributed by atoms with Crippen molar-refractivity contribution in [1.82, 2.24) is 4.98 Å². The Bertz CT molecular complexity index is 751. The van der Waals surface area contributed by atoms with E-state index in [4.69, 9.17) is 21.1 Å². The first kappa shape index (κ1) is 14.1. The first-order valence-corrected chi connectivity index (χ1v) is 7.37. The summed E-state index contributed by atoms with van der Waals surface area (Å²) in [4.78, 5) is 4.53. The van der Waals surface area contributed by atoms with E-state index in [-0.39, 0.29) is 6.61 Å². The molecule has 0 spiro atoms. The molecule has 3 nitrogen and oxygen atoms in total. The average Bonchev–Trinajstić information content (AvgIpc) is 2.90. The summed E-state index contributed by atoms with van der Waals surface area (Å²) in [6.45, 7) is 0.178. The van der Waals surface area contributed by atoms with Crippen LogP contribution in [0.3, 0.4) is 0 Å². The lowest BCUT2D eigenvalue weighted by Crippen LogP contribution is -1.89. The highest BCUT2D eigenvalue weighted by Crippen LogP contribution is 2.24. The van der Waals surface area contributed by atoms with E-state index in [9.17, 15) is 0 Å². The molecule has 21 heavy (non-hydrogen) atoms. The first-order chi connectivity index (χ1) is 10.3. The molecule has 0 bridgehead atoms. The monoisotopic (exact) mass is 301 g/mol. The summed E-state index contributed by atoms with van der Waals surface area (Å²) < 4.78 is 5.90. The molecule has 0 atom stereocenters. The molecule has 0 fully saturated rings. The number of aliphatic hydroxyl groups is 1. The third-order valence-electron chi connectivity index (χ3n) is 3.44. The Morgan fingerprint density at radius 2 is 1.86 bits per heavy atom. The van der Waals surface area contributed by atoms with E-state index in [2.05, 4.69) is 4.98 Å². The van der Waals surface area contributed by atoms with Crippen LogP contribution < -0.4 is 0 Å². The Labute approximate surface area is 128 Å². The normalized spacial score (nSPS) is 11.1. The van der Waals surface area contributed by atoms with Crippen LogP contribution >= 0.6 is 11.6 Å². The predicted molar refractivity (Wildman–Crippen MR) is 83.7 cm³/mol. The molecule has 0 aliphatic rings. The summed E-state index contributed by atoms with van der Waals surface area (Å²) in [6, 6.07) is 13.6. The van der Waals surface area contributed by atoms with Crippen LogP contribution in [0.5, 0.6) is 0 Å². The first-order valence-electron chi connectivity index (χ1n) is 6.99. The molecule has 0 aliphatic carbocycles. The number of rotatable bonds is 5. The number of para-hydroxylation sites is 1. The minimum absolute atomic E-state index is 0.178. The molecule has 0 unspecified atom stereocenters. The second kappa shape index (κ2) is 6.29. The molecule has 0 aliphatic heterocycles. The number of aryl methyl sites for hydroxylation is 1.